The minimum atomic E-state index is -0.965. The van der Waals surface area contributed by atoms with Crippen molar-refractivity contribution in [2.75, 3.05) is 5.32 Å². The maximum absolute atomic E-state index is 13.1. The van der Waals surface area contributed by atoms with Crippen molar-refractivity contribution >= 4 is 29.2 Å². The Bertz CT molecular complexity index is 930. The van der Waals surface area contributed by atoms with Crippen LogP contribution in [0.15, 0.2) is 48.5 Å². The summed E-state index contributed by atoms with van der Waals surface area (Å²) in [6.07, 6.45) is 0.319. The van der Waals surface area contributed by atoms with Gasteiger partial charge in [0.15, 0.2) is 5.78 Å². The Morgan fingerprint density at radius 3 is 2.00 bits per heavy atom. The van der Waals surface area contributed by atoms with Crippen LogP contribution in [0.5, 0.6) is 0 Å². The van der Waals surface area contributed by atoms with E-state index in [1.165, 1.54) is 6.92 Å². The number of para-hydroxylation sites is 1. The van der Waals surface area contributed by atoms with Crippen LogP contribution in [0.25, 0.3) is 0 Å². The summed E-state index contributed by atoms with van der Waals surface area (Å²) in [5, 5.41) is 2.74. The van der Waals surface area contributed by atoms with Crippen molar-refractivity contribution in [3.8, 4) is 0 Å². The van der Waals surface area contributed by atoms with Gasteiger partial charge in [0.25, 0.3) is 11.8 Å². The standard InChI is InChI=1S/C22H22N2O4/c1-13(2)12-19(20(26)23-18-11-7-6-8-15(18)14(3)25)24-21(27)16-9-4-5-10-17(16)22(24)28/h4-11,13,19H,12H2,1-3H3,(H,23,26). The molecule has 3 amide bonds. The number of ketones is 1. The molecule has 0 fully saturated rings. The number of amides is 3. The molecule has 1 N–H and O–H groups in total. The minimum absolute atomic E-state index is 0.0723. The average molecular weight is 378 g/mol. The number of fused-ring (bicyclic) bond motifs is 1. The third kappa shape index (κ3) is 3.58. The molecule has 2 aromatic carbocycles. The lowest BCUT2D eigenvalue weighted by Gasteiger charge is -2.27. The smallest absolute Gasteiger partial charge is 0.262 e. The molecule has 2 aromatic rings. The first-order chi connectivity index (χ1) is 13.3. The SMILES string of the molecule is CC(=O)c1ccccc1NC(=O)C(CC(C)C)N1C(=O)c2ccccc2C1=O. The van der Waals surface area contributed by atoms with Crippen LogP contribution in [-0.4, -0.2) is 34.4 Å². The molecule has 0 saturated carbocycles. The fourth-order valence-corrected chi connectivity index (χ4v) is 3.38. The Morgan fingerprint density at radius 1 is 0.929 bits per heavy atom. The lowest BCUT2D eigenvalue weighted by atomic mass is 10.0. The molecule has 0 radical (unpaired) electrons. The van der Waals surface area contributed by atoms with E-state index in [9.17, 15) is 19.2 Å². The van der Waals surface area contributed by atoms with Gasteiger partial charge in [0, 0.05) is 5.56 Å². The number of nitrogens with one attached hydrogen (secondary N) is 1. The number of anilines is 1. The van der Waals surface area contributed by atoms with Gasteiger partial charge in [0.05, 0.1) is 16.8 Å². The molecule has 0 aromatic heterocycles. The molecule has 6 nitrogen and oxygen atoms in total. The number of nitrogens with zero attached hydrogens (tertiary/aromatic N) is 1. The molecular formula is C22H22N2O4. The van der Waals surface area contributed by atoms with Crippen LogP contribution in [-0.2, 0) is 4.79 Å². The molecule has 3 rings (SSSR count). The number of carbonyl (C=O) groups excluding carboxylic acids is 4. The van der Waals surface area contributed by atoms with Gasteiger partial charge < -0.3 is 5.32 Å². The van der Waals surface area contributed by atoms with Crippen molar-refractivity contribution in [3.63, 3.8) is 0 Å². The highest BCUT2D eigenvalue weighted by atomic mass is 16.2. The summed E-state index contributed by atoms with van der Waals surface area (Å²) < 4.78 is 0. The molecule has 6 heteroatoms. The number of hydrogen-bond acceptors (Lipinski definition) is 4. The average Bonchev–Trinajstić information content (AvgIpc) is 2.91. The van der Waals surface area contributed by atoms with E-state index in [0.717, 1.165) is 4.90 Å². The summed E-state index contributed by atoms with van der Waals surface area (Å²) in [5.41, 5.74) is 1.35. The zero-order chi connectivity index (χ0) is 20.4. The predicted octanol–water partition coefficient (Wildman–Crippen LogP) is 3.54. The zero-order valence-electron chi connectivity index (χ0n) is 16.1. The summed E-state index contributed by atoms with van der Waals surface area (Å²) in [5.74, 6) is -1.54. The Kier molecular flexibility index (Phi) is 5.40. The van der Waals surface area contributed by atoms with Crippen LogP contribution >= 0.6 is 0 Å². The lowest BCUT2D eigenvalue weighted by molar-refractivity contribution is -0.120. The number of imide groups is 1. The van der Waals surface area contributed by atoms with E-state index in [1.54, 1.807) is 48.5 Å². The number of rotatable bonds is 6. The van der Waals surface area contributed by atoms with Gasteiger partial charge in [-0.1, -0.05) is 38.1 Å². The van der Waals surface area contributed by atoms with Crippen molar-refractivity contribution < 1.29 is 19.2 Å². The van der Waals surface area contributed by atoms with Gasteiger partial charge in [-0.2, -0.15) is 0 Å². The number of Topliss-reactive ketones (excluding diaryl/α,β-unsaturated/α-hetero) is 1. The minimum Gasteiger partial charge on any atom is -0.324 e. The van der Waals surface area contributed by atoms with Gasteiger partial charge in [-0.25, -0.2) is 0 Å². The Labute approximate surface area is 163 Å². The number of carbonyl (C=O) groups is 4. The topological polar surface area (TPSA) is 83.6 Å². The maximum atomic E-state index is 13.1. The van der Waals surface area contributed by atoms with E-state index in [1.807, 2.05) is 13.8 Å². The van der Waals surface area contributed by atoms with Gasteiger partial charge >= 0.3 is 0 Å². The highest BCUT2D eigenvalue weighted by Gasteiger charge is 2.42. The quantitative estimate of drug-likeness (QED) is 0.616. The highest BCUT2D eigenvalue weighted by Crippen LogP contribution is 2.28. The van der Waals surface area contributed by atoms with Crippen LogP contribution < -0.4 is 5.32 Å². The van der Waals surface area contributed by atoms with Gasteiger partial charge in [-0.3, -0.25) is 24.1 Å². The van der Waals surface area contributed by atoms with Crippen molar-refractivity contribution in [1.82, 2.24) is 4.90 Å². The summed E-state index contributed by atoms with van der Waals surface area (Å²) >= 11 is 0. The second kappa shape index (κ2) is 7.76. The second-order valence-corrected chi connectivity index (χ2v) is 7.26. The number of hydrogen-bond donors (Lipinski definition) is 1. The van der Waals surface area contributed by atoms with Crippen LogP contribution in [0.2, 0.25) is 0 Å². The Morgan fingerprint density at radius 2 is 1.46 bits per heavy atom. The van der Waals surface area contributed by atoms with Gasteiger partial charge in [0.1, 0.15) is 6.04 Å². The maximum Gasteiger partial charge on any atom is 0.262 e. The van der Waals surface area contributed by atoms with Gasteiger partial charge in [-0.15, -0.1) is 0 Å². The van der Waals surface area contributed by atoms with Crippen molar-refractivity contribution in [3.05, 3.63) is 65.2 Å². The van der Waals surface area contributed by atoms with E-state index in [0.29, 0.717) is 28.8 Å². The van der Waals surface area contributed by atoms with Crippen LogP contribution in [0.1, 0.15) is 58.3 Å². The number of benzene rings is 2. The molecule has 0 spiro atoms. The first-order valence-electron chi connectivity index (χ1n) is 9.19. The van der Waals surface area contributed by atoms with Crippen molar-refractivity contribution in [2.24, 2.45) is 5.92 Å². The van der Waals surface area contributed by atoms with Crippen LogP contribution in [0.3, 0.4) is 0 Å². The summed E-state index contributed by atoms with van der Waals surface area (Å²) in [6.45, 7) is 5.25. The van der Waals surface area contributed by atoms with Crippen LogP contribution in [0.4, 0.5) is 5.69 Å². The molecule has 1 atom stereocenters. The Hall–Kier alpha value is -3.28. The molecule has 0 aliphatic carbocycles. The second-order valence-electron chi connectivity index (χ2n) is 7.26. The summed E-state index contributed by atoms with van der Waals surface area (Å²) in [4.78, 5) is 51.6. The molecule has 28 heavy (non-hydrogen) atoms. The van der Waals surface area contributed by atoms with E-state index in [4.69, 9.17) is 0 Å². The zero-order valence-corrected chi connectivity index (χ0v) is 16.1. The molecule has 0 saturated heterocycles. The van der Waals surface area contributed by atoms with Gasteiger partial charge in [-0.05, 0) is 43.5 Å². The monoisotopic (exact) mass is 378 g/mol. The molecule has 1 aliphatic heterocycles. The van der Waals surface area contributed by atoms with E-state index in [-0.39, 0.29) is 11.7 Å². The Balaban J connectivity index is 1.94. The fourth-order valence-electron chi connectivity index (χ4n) is 3.38. The first kappa shape index (κ1) is 19.5. The molecule has 1 unspecified atom stereocenters. The third-order valence-corrected chi connectivity index (χ3v) is 4.70. The molecule has 1 aliphatic rings. The predicted molar refractivity (Wildman–Crippen MR) is 105 cm³/mol. The highest BCUT2D eigenvalue weighted by molar-refractivity contribution is 6.23. The van der Waals surface area contributed by atoms with E-state index in [2.05, 4.69) is 5.32 Å². The largest absolute Gasteiger partial charge is 0.324 e. The van der Waals surface area contributed by atoms with Crippen LogP contribution in [0, 0.1) is 5.92 Å². The molecule has 1 heterocycles. The fraction of sp³-hybridized carbons (Fsp3) is 0.273. The summed E-state index contributed by atoms with van der Waals surface area (Å²) in [6, 6.07) is 12.3. The lowest BCUT2D eigenvalue weighted by Crippen LogP contribution is -2.48. The van der Waals surface area contributed by atoms with Crippen molar-refractivity contribution in [2.45, 2.75) is 33.2 Å². The molecule has 0 bridgehead atoms. The molecular weight excluding hydrogens is 356 g/mol. The normalized spacial score (nSPS) is 14.2. The van der Waals surface area contributed by atoms with E-state index >= 15 is 0 Å². The van der Waals surface area contributed by atoms with Crippen molar-refractivity contribution in [1.29, 1.82) is 0 Å². The third-order valence-electron chi connectivity index (χ3n) is 4.70. The van der Waals surface area contributed by atoms with E-state index < -0.39 is 23.8 Å². The van der Waals surface area contributed by atoms with Gasteiger partial charge in [0.2, 0.25) is 5.91 Å². The molecule has 144 valence electrons. The first-order valence-corrected chi connectivity index (χ1v) is 9.19. The summed E-state index contributed by atoms with van der Waals surface area (Å²) in [7, 11) is 0.